The highest BCUT2D eigenvalue weighted by Gasteiger charge is 2.15. The van der Waals surface area contributed by atoms with Crippen molar-refractivity contribution >= 4 is 23.5 Å². The number of hydrogen-bond acceptors (Lipinski definition) is 4. The fourth-order valence-corrected chi connectivity index (χ4v) is 2.68. The molecule has 2 amide bonds. The van der Waals surface area contributed by atoms with Gasteiger partial charge < -0.3 is 15.0 Å². The molecule has 0 unspecified atom stereocenters. The average molecular weight is 368 g/mol. The van der Waals surface area contributed by atoms with Gasteiger partial charge in [0.1, 0.15) is 0 Å². The van der Waals surface area contributed by atoms with Crippen molar-refractivity contribution in [2.75, 3.05) is 25.1 Å². The van der Waals surface area contributed by atoms with Crippen LogP contribution in [0.25, 0.3) is 0 Å². The van der Waals surface area contributed by atoms with Crippen LogP contribution in [0.15, 0.2) is 54.6 Å². The number of methoxy groups -OCH3 is 1. The molecule has 27 heavy (non-hydrogen) atoms. The predicted molar refractivity (Wildman–Crippen MR) is 104 cm³/mol. The highest BCUT2D eigenvalue weighted by Crippen LogP contribution is 2.17. The van der Waals surface area contributed by atoms with Crippen molar-refractivity contribution in [3.8, 4) is 0 Å². The lowest BCUT2D eigenvalue weighted by Crippen LogP contribution is -2.34. The summed E-state index contributed by atoms with van der Waals surface area (Å²) in [6, 6.07) is 16.5. The van der Waals surface area contributed by atoms with Gasteiger partial charge >= 0.3 is 5.97 Å². The lowest BCUT2D eigenvalue weighted by atomic mass is 10.1. The highest BCUT2D eigenvalue weighted by atomic mass is 16.5. The third-order valence-electron chi connectivity index (χ3n) is 4.10. The van der Waals surface area contributed by atoms with Gasteiger partial charge in [-0.05, 0) is 30.2 Å². The molecular weight excluding hydrogens is 344 g/mol. The van der Waals surface area contributed by atoms with E-state index in [0.29, 0.717) is 17.8 Å². The van der Waals surface area contributed by atoms with E-state index in [4.69, 9.17) is 4.74 Å². The minimum atomic E-state index is -0.473. The summed E-state index contributed by atoms with van der Waals surface area (Å²) in [5.74, 6) is -0.797. The molecule has 2 rings (SSSR count). The maximum Gasteiger partial charge on any atom is 0.337 e. The Kier molecular flexibility index (Phi) is 7.55. The summed E-state index contributed by atoms with van der Waals surface area (Å²) in [5.41, 5.74) is 2.07. The quantitative estimate of drug-likeness (QED) is 0.727. The predicted octanol–water partition coefficient (Wildman–Crippen LogP) is 2.58. The second-order valence-electron chi connectivity index (χ2n) is 6.05. The van der Waals surface area contributed by atoms with E-state index in [-0.39, 0.29) is 24.8 Å². The maximum atomic E-state index is 12.1. The Bertz CT molecular complexity index is 790. The fraction of sp³-hybridized carbons (Fsp3) is 0.286. The SMILES string of the molecule is COC(=O)c1cccc(N(CCC(=O)NCCc2ccccc2)C(C)=O)c1. The van der Waals surface area contributed by atoms with E-state index in [1.54, 1.807) is 24.3 Å². The number of nitrogens with one attached hydrogen (secondary N) is 1. The van der Waals surface area contributed by atoms with Gasteiger partial charge in [0.15, 0.2) is 0 Å². The van der Waals surface area contributed by atoms with Crippen molar-refractivity contribution in [3.05, 3.63) is 65.7 Å². The molecule has 0 heterocycles. The molecule has 142 valence electrons. The first-order valence-electron chi connectivity index (χ1n) is 8.78. The Morgan fingerprint density at radius 3 is 2.44 bits per heavy atom. The molecule has 0 saturated heterocycles. The number of carbonyl (C=O) groups is 3. The molecule has 6 nitrogen and oxygen atoms in total. The van der Waals surface area contributed by atoms with Gasteiger partial charge in [0.2, 0.25) is 11.8 Å². The van der Waals surface area contributed by atoms with Crippen LogP contribution in [0.1, 0.15) is 29.3 Å². The number of anilines is 1. The Morgan fingerprint density at radius 2 is 1.78 bits per heavy atom. The van der Waals surface area contributed by atoms with Crippen LogP contribution in [0.2, 0.25) is 0 Å². The van der Waals surface area contributed by atoms with Crippen molar-refractivity contribution in [1.29, 1.82) is 0 Å². The third kappa shape index (κ3) is 6.26. The molecule has 0 saturated carbocycles. The summed E-state index contributed by atoms with van der Waals surface area (Å²) >= 11 is 0. The van der Waals surface area contributed by atoms with Gasteiger partial charge in [0.25, 0.3) is 0 Å². The number of hydrogen-bond donors (Lipinski definition) is 1. The van der Waals surface area contributed by atoms with Crippen LogP contribution in [0.5, 0.6) is 0 Å². The zero-order chi connectivity index (χ0) is 19.6. The van der Waals surface area contributed by atoms with Crippen molar-refractivity contribution in [3.63, 3.8) is 0 Å². The van der Waals surface area contributed by atoms with Crippen molar-refractivity contribution in [2.45, 2.75) is 19.8 Å². The van der Waals surface area contributed by atoms with E-state index < -0.39 is 5.97 Å². The standard InChI is InChI=1S/C21H24N2O4/c1-16(24)23(19-10-6-9-18(15-19)21(26)27-2)14-12-20(25)22-13-11-17-7-4-3-5-8-17/h3-10,15H,11-14H2,1-2H3,(H,22,25). The molecule has 2 aromatic rings. The largest absolute Gasteiger partial charge is 0.465 e. The first kappa shape index (κ1) is 20.2. The lowest BCUT2D eigenvalue weighted by Gasteiger charge is -2.21. The summed E-state index contributed by atoms with van der Waals surface area (Å²) < 4.78 is 4.70. The normalized spacial score (nSPS) is 10.1. The summed E-state index contributed by atoms with van der Waals surface area (Å²) in [7, 11) is 1.30. The van der Waals surface area contributed by atoms with Crippen LogP contribution in [0, 0.1) is 0 Å². The summed E-state index contributed by atoms with van der Waals surface area (Å²) in [4.78, 5) is 37.2. The van der Waals surface area contributed by atoms with Gasteiger partial charge in [0.05, 0.1) is 12.7 Å². The molecule has 0 aliphatic heterocycles. The van der Waals surface area contributed by atoms with Crippen LogP contribution >= 0.6 is 0 Å². The van der Waals surface area contributed by atoms with Gasteiger partial charge in [-0.2, -0.15) is 0 Å². The number of carbonyl (C=O) groups excluding carboxylic acids is 3. The second-order valence-corrected chi connectivity index (χ2v) is 6.05. The zero-order valence-corrected chi connectivity index (χ0v) is 15.6. The molecule has 1 N–H and O–H groups in total. The number of amides is 2. The van der Waals surface area contributed by atoms with E-state index >= 15 is 0 Å². The number of rotatable bonds is 8. The number of ether oxygens (including phenoxy) is 1. The molecule has 0 spiro atoms. The van der Waals surface area contributed by atoms with Gasteiger partial charge in [-0.1, -0.05) is 36.4 Å². The Hall–Kier alpha value is -3.15. The van der Waals surface area contributed by atoms with Crippen molar-refractivity contribution in [1.82, 2.24) is 5.32 Å². The Labute approximate surface area is 159 Å². The van der Waals surface area contributed by atoms with Gasteiger partial charge in [0, 0.05) is 32.1 Å². The smallest absolute Gasteiger partial charge is 0.337 e. The molecular formula is C21H24N2O4. The molecule has 0 atom stereocenters. The molecule has 0 aromatic heterocycles. The number of esters is 1. The van der Waals surface area contributed by atoms with Crippen LogP contribution in [0.4, 0.5) is 5.69 Å². The third-order valence-corrected chi connectivity index (χ3v) is 4.10. The zero-order valence-electron chi connectivity index (χ0n) is 15.6. The van der Waals surface area contributed by atoms with E-state index in [9.17, 15) is 14.4 Å². The van der Waals surface area contributed by atoms with Crippen molar-refractivity contribution in [2.24, 2.45) is 0 Å². The van der Waals surface area contributed by atoms with Crippen LogP contribution < -0.4 is 10.2 Å². The molecule has 0 aliphatic carbocycles. The molecule has 0 radical (unpaired) electrons. The summed E-state index contributed by atoms with van der Waals surface area (Å²) in [6.45, 7) is 2.20. The van der Waals surface area contributed by atoms with Crippen molar-refractivity contribution < 1.29 is 19.1 Å². The molecule has 0 bridgehead atoms. The topological polar surface area (TPSA) is 75.7 Å². The van der Waals surface area contributed by atoms with E-state index in [0.717, 1.165) is 12.0 Å². The summed E-state index contributed by atoms with van der Waals surface area (Å²) in [6.07, 6.45) is 0.932. The molecule has 2 aromatic carbocycles. The minimum Gasteiger partial charge on any atom is -0.465 e. The van der Waals surface area contributed by atoms with Gasteiger partial charge in [-0.3, -0.25) is 9.59 Å². The average Bonchev–Trinajstić information content (AvgIpc) is 2.68. The second kappa shape index (κ2) is 10.1. The molecule has 0 aliphatic rings. The summed E-state index contributed by atoms with van der Waals surface area (Å²) in [5, 5.41) is 2.86. The Balaban J connectivity index is 1.89. The van der Waals surface area contributed by atoms with E-state index in [1.807, 2.05) is 30.3 Å². The van der Waals surface area contributed by atoms with Gasteiger partial charge in [-0.25, -0.2) is 4.79 Å². The monoisotopic (exact) mass is 368 g/mol. The van der Waals surface area contributed by atoms with Crippen LogP contribution in [-0.4, -0.2) is 38.0 Å². The van der Waals surface area contributed by atoms with E-state index in [2.05, 4.69) is 5.32 Å². The number of nitrogens with zero attached hydrogens (tertiary/aromatic N) is 1. The number of benzene rings is 2. The Morgan fingerprint density at radius 1 is 1.04 bits per heavy atom. The van der Waals surface area contributed by atoms with E-state index in [1.165, 1.54) is 18.9 Å². The molecule has 0 fully saturated rings. The first-order chi connectivity index (χ1) is 13.0. The lowest BCUT2D eigenvalue weighted by molar-refractivity contribution is -0.121. The van der Waals surface area contributed by atoms with Crippen LogP contribution in [-0.2, 0) is 20.7 Å². The minimum absolute atomic E-state index is 0.124. The highest BCUT2D eigenvalue weighted by molar-refractivity contribution is 5.95. The van der Waals surface area contributed by atoms with Crippen LogP contribution in [0.3, 0.4) is 0 Å². The maximum absolute atomic E-state index is 12.1. The van der Waals surface area contributed by atoms with Gasteiger partial charge in [-0.15, -0.1) is 0 Å². The first-order valence-corrected chi connectivity index (χ1v) is 8.78. The fourth-order valence-electron chi connectivity index (χ4n) is 2.68. The molecule has 6 heteroatoms.